The normalized spacial score (nSPS) is 11.6. The molecule has 0 saturated heterocycles. The van der Waals surface area contributed by atoms with E-state index in [4.69, 9.17) is 0 Å². The molecule has 0 saturated carbocycles. The van der Waals surface area contributed by atoms with Crippen molar-refractivity contribution in [1.29, 1.82) is 0 Å². The number of amides is 1. The first-order chi connectivity index (χ1) is 16.4. The van der Waals surface area contributed by atoms with Gasteiger partial charge in [0.2, 0.25) is 5.91 Å². The zero-order chi connectivity index (χ0) is 25.8. The van der Waals surface area contributed by atoms with Crippen LogP contribution in [0.15, 0.2) is 77.7 Å². The van der Waals surface area contributed by atoms with Crippen LogP contribution in [0, 0.1) is 6.92 Å². The monoisotopic (exact) mass is 506 g/mol. The highest BCUT2D eigenvalue weighted by Crippen LogP contribution is 2.33. The van der Waals surface area contributed by atoms with Crippen molar-refractivity contribution >= 4 is 33.3 Å². The van der Waals surface area contributed by atoms with Crippen molar-refractivity contribution in [2.75, 3.05) is 23.3 Å². The molecule has 184 valence electrons. The van der Waals surface area contributed by atoms with Gasteiger partial charge in [0, 0.05) is 5.69 Å². The van der Waals surface area contributed by atoms with E-state index < -0.39 is 40.2 Å². The molecule has 0 spiro atoms. The molecule has 0 atom stereocenters. The van der Waals surface area contributed by atoms with Crippen LogP contribution in [0.2, 0.25) is 0 Å². The Labute approximate surface area is 200 Å². The minimum absolute atomic E-state index is 0.184. The Balaban J connectivity index is 1.95. The number of ether oxygens (including phenoxy) is 1. The number of hydrogen-bond donors (Lipinski definition) is 1. The molecule has 0 fully saturated rings. The zero-order valence-corrected chi connectivity index (χ0v) is 19.5. The lowest BCUT2D eigenvalue weighted by Crippen LogP contribution is -2.38. The second-order valence-corrected chi connectivity index (χ2v) is 9.35. The third kappa shape index (κ3) is 6.18. The summed E-state index contributed by atoms with van der Waals surface area (Å²) in [5.41, 5.74) is -0.116. The standard InChI is InChI=1S/C24H21F3N2O5S/c1-16-6-12-21(13-7-16)35(32,33)29(20-5-3-4-18(14-20)24(25,26)27)15-22(30)28-19-10-8-17(9-11-19)23(31)34-2/h3-14H,15H2,1-2H3,(H,28,30). The maximum Gasteiger partial charge on any atom is 0.416 e. The second kappa shape index (κ2) is 10.2. The molecule has 3 aromatic rings. The number of nitrogens with zero attached hydrogens (tertiary/aromatic N) is 1. The van der Waals surface area contributed by atoms with Gasteiger partial charge < -0.3 is 10.1 Å². The number of sulfonamides is 1. The summed E-state index contributed by atoms with van der Waals surface area (Å²) in [4.78, 5) is 24.1. The van der Waals surface area contributed by atoms with Gasteiger partial charge in [-0.2, -0.15) is 13.2 Å². The van der Waals surface area contributed by atoms with Gasteiger partial charge in [0.05, 0.1) is 28.8 Å². The molecule has 0 radical (unpaired) electrons. The van der Waals surface area contributed by atoms with Gasteiger partial charge in [-0.25, -0.2) is 13.2 Å². The number of halogens is 3. The molecular weight excluding hydrogens is 485 g/mol. The number of anilines is 2. The summed E-state index contributed by atoms with van der Waals surface area (Å²) in [7, 11) is -3.18. The van der Waals surface area contributed by atoms with Crippen LogP contribution in [0.1, 0.15) is 21.5 Å². The third-order valence-electron chi connectivity index (χ3n) is 4.95. The lowest BCUT2D eigenvalue weighted by atomic mass is 10.2. The number of hydrogen-bond acceptors (Lipinski definition) is 5. The maximum atomic E-state index is 13.4. The largest absolute Gasteiger partial charge is 0.465 e. The van der Waals surface area contributed by atoms with Crippen LogP contribution in [-0.2, 0) is 25.7 Å². The smallest absolute Gasteiger partial charge is 0.416 e. The van der Waals surface area contributed by atoms with Crippen molar-refractivity contribution in [2.45, 2.75) is 18.0 Å². The van der Waals surface area contributed by atoms with Crippen LogP contribution in [-0.4, -0.2) is 33.9 Å². The van der Waals surface area contributed by atoms with E-state index in [1.165, 1.54) is 49.6 Å². The predicted molar refractivity (Wildman–Crippen MR) is 124 cm³/mol. The van der Waals surface area contributed by atoms with E-state index >= 15 is 0 Å². The number of methoxy groups -OCH3 is 1. The molecule has 0 aliphatic carbocycles. The summed E-state index contributed by atoms with van der Waals surface area (Å²) in [6.07, 6.45) is -4.71. The topological polar surface area (TPSA) is 92.8 Å². The summed E-state index contributed by atoms with van der Waals surface area (Å²) in [6.45, 7) is 0.955. The Hall–Kier alpha value is -3.86. The number of rotatable bonds is 7. The van der Waals surface area contributed by atoms with Crippen LogP contribution >= 0.6 is 0 Å². The fraction of sp³-hybridized carbons (Fsp3) is 0.167. The molecule has 0 aliphatic rings. The second-order valence-electron chi connectivity index (χ2n) is 7.49. The Morgan fingerprint density at radius 3 is 2.17 bits per heavy atom. The molecular formula is C24H21F3N2O5S. The molecule has 11 heteroatoms. The highest BCUT2D eigenvalue weighted by molar-refractivity contribution is 7.92. The van der Waals surface area contributed by atoms with Gasteiger partial charge in [-0.3, -0.25) is 9.10 Å². The third-order valence-corrected chi connectivity index (χ3v) is 6.74. The van der Waals surface area contributed by atoms with Gasteiger partial charge in [-0.05, 0) is 61.5 Å². The van der Waals surface area contributed by atoms with Crippen molar-refractivity contribution in [1.82, 2.24) is 0 Å². The van der Waals surface area contributed by atoms with Gasteiger partial charge in [-0.1, -0.05) is 23.8 Å². The van der Waals surface area contributed by atoms with Crippen LogP contribution < -0.4 is 9.62 Å². The number of carbonyl (C=O) groups is 2. The zero-order valence-electron chi connectivity index (χ0n) is 18.7. The molecule has 1 amide bonds. The van der Waals surface area contributed by atoms with Gasteiger partial charge >= 0.3 is 12.1 Å². The van der Waals surface area contributed by atoms with Crippen LogP contribution in [0.5, 0.6) is 0 Å². The first kappa shape index (κ1) is 25.8. The number of esters is 1. The molecule has 3 aromatic carbocycles. The molecule has 7 nitrogen and oxygen atoms in total. The fourth-order valence-corrected chi connectivity index (χ4v) is 4.54. The SMILES string of the molecule is COC(=O)c1ccc(NC(=O)CN(c2cccc(C(F)(F)F)c2)S(=O)(=O)c2ccc(C)cc2)cc1. The minimum Gasteiger partial charge on any atom is -0.465 e. The van der Waals surface area contributed by atoms with Gasteiger partial charge in [-0.15, -0.1) is 0 Å². The van der Waals surface area contributed by atoms with E-state index in [2.05, 4.69) is 10.1 Å². The lowest BCUT2D eigenvalue weighted by Gasteiger charge is -2.25. The lowest BCUT2D eigenvalue weighted by molar-refractivity contribution is -0.137. The molecule has 0 heterocycles. The summed E-state index contributed by atoms with van der Waals surface area (Å²) < 4.78 is 71.8. The van der Waals surface area contributed by atoms with Crippen molar-refractivity contribution in [2.24, 2.45) is 0 Å². The summed E-state index contributed by atoms with van der Waals surface area (Å²) in [6, 6.07) is 15.1. The number of alkyl halides is 3. The van der Waals surface area contributed by atoms with Crippen molar-refractivity contribution < 1.29 is 35.9 Å². The maximum absolute atomic E-state index is 13.4. The summed E-state index contributed by atoms with van der Waals surface area (Å²) >= 11 is 0. The van der Waals surface area contributed by atoms with Crippen LogP contribution in [0.25, 0.3) is 0 Å². The van der Waals surface area contributed by atoms with E-state index in [0.717, 1.165) is 17.7 Å². The predicted octanol–water partition coefficient (Wildman–Crippen LogP) is 4.63. The molecule has 0 bridgehead atoms. The van der Waals surface area contributed by atoms with Crippen LogP contribution in [0.4, 0.5) is 24.5 Å². The Bertz CT molecular complexity index is 1320. The van der Waals surface area contributed by atoms with Gasteiger partial charge in [0.25, 0.3) is 10.0 Å². The highest BCUT2D eigenvalue weighted by atomic mass is 32.2. The number of aryl methyl sites for hydroxylation is 1. The molecule has 35 heavy (non-hydrogen) atoms. The van der Waals surface area contributed by atoms with Gasteiger partial charge in [0.15, 0.2) is 0 Å². The highest BCUT2D eigenvalue weighted by Gasteiger charge is 2.33. The van der Waals surface area contributed by atoms with E-state index in [9.17, 15) is 31.2 Å². The Morgan fingerprint density at radius 2 is 1.60 bits per heavy atom. The quantitative estimate of drug-likeness (QED) is 0.472. The Kier molecular flexibility index (Phi) is 7.49. The summed E-state index contributed by atoms with van der Waals surface area (Å²) in [5.74, 6) is -1.38. The van der Waals surface area contributed by atoms with E-state index in [-0.39, 0.29) is 21.8 Å². The first-order valence-electron chi connectivity index (χ1n) is 10.2. The summed E-state index contributed by atoms with van der Waals surface area (Å²) in [5, 5.41) is 2.48. The van der Waals surface area contributed by atoms with Gasteiger partial charge in [0.1, 0.15) is 6.54 Å². The Morgan fingerprint density at radius 1 is 0.971 bits per heavy atom. The van der Waals surface area contributed by atoms with E-state index in [0.29, 0.717) is 10.4 Å². The minimum atomic E-state index is -4.71. The number of carbonyl (C=O) groups excluding carboxylic acids is 2. The van der Waals surface area contributed by atoms with Crippen molar-refractivity contribution in [3.05, 3.63) is 89.5 Å². The molecule has 0 unspecified atom stereocenters. The average molecular weight is 507 g/mol. The first-order valence-corrected chi connectivity index (χ1v) is 11.6. The van der Waals surface area contributed by atoms with E-state index in [1.54, 1.807) is 19.1 Å². The molecule has 0 aromatic heterocycles. The fourth-order valence-electron chi connectivity index (χ4n) is 3.13. The van der Waals surface area contributed by atoms with Crippen LogP contribution in [0.3, 0.4) is 0 Å². The van der Waals surface area contributed by atoms with E-state index in [1.807, 2.05) is 0 Å². The average Bonchev–Trinajstić information content (AvgIpc) is 2.82. The molecule has 0 aliphatic heterocycles. The number of benzene rings is 3. The molecule has 3 rings (SSSR count). The number of nitrogens with one attached hydrogen (secondary N) is 1. The molecule has 1 N–H and O–H groups in total. The van der Waals surface area contributed by atoms with Crippen molar-refractivity contribution in [3.8, 4) is 0 Å². The van der Waals surface area contributed by atoms with Crippen molar-refractivity contribution in [3.63, 3.8) is 0 Å².